The Labute approximate surface area is 179 Å². The van der Waals surface area contributed by atoms with Crippen LogP contribution in [0.4, 0.5) is 5.69 Å². The lowest BCUT2D eigenvalue weighted by Crippen LogP contribution is -2.31. The van der Waals surface area contributed by atoms with Crippen LogP contribution in [0.3, 0.4) is 0 Å². The number of hydrogen-bond donors (Lipinski definition) is 2. The summed E-state index contributed by atoms with van der Waals surface area (Å²) in [5.74, 6) is 0.208. The number of hydrogen-bond acceptors (Lipinski definition) is 6. The van der Waals surface area contributed by atoms with Crippen LogP contribution in [0.15, 0.2) is 43.0 Å². The molecule has 3 heterocycles. The van der Waals surface area contributed by atoms with Crippen LogP contribution in [0.2, 0.25) is 0 Å². The lowest BCUT2D eigenvalue weighted by atomic mass is 9.91. The minimum atomic E-state index is -0.276. The second kappa shape index (κ2) is 7.99. The van der Waals surface area contributed by atoms with Crippen molar-refractivity contribution < 1.29 is 9.53 Å². The van der Waals surface area contributed by atoms with Gasteiger partial charge in [-0.2, -0.15) is 10.2 Å². The van der Waals surface area contributed by atoms with Crippen molar-refractivity contribution in [2.75, 3.05) is 19.5 Å². The van der Waals surface area contributed by atoms with Crippen LogP contribution < -0.4 is 15.4 Å². The highest BCUT2D eigenvalue weighted by molar-refractivity contribution is 6.09. The molecule has 1 saturated carbocycles. The number of ether oxygens (including phenoxy) is 1. The Hall–Kier alpha value is -3.46. The molecule has 1 amide bonds. The minimum absolute atomic E-state index is 0.276. The SMILES string of the molecule is CNC1CCC(n2cc3cc(C(=O)Nc4cnn5cccnc45)c(OC)cc3n2)CC1. The van der Waals surface area contributed by atoms with Gasteiger partial charge in [0.2, 0.25) is 0 Å². The van der Waals surface area contributed by atoms with E-state index in [0.29, 0.717) is 34.7 Å². The summed E-state index contributed by atoms with van der Waals surface area (Å²) in [6.07, 6.45) is 11.5. The summed E-state index contributed by atoms with van der Waals surface area (Å²) < 4.78 is 9.17. The Morgan fingerprint density at radius 1 is 1.23 bits per heavy atom. The number of nitrogens with one attached hydrogen (secondary N) is 2. The van der Waals surface area contributed by atoms with E-state index in [1.54, 1.807) is 36.3 Å². The molecule has 0 spiro atoms. The van der Waals surface area contributed by atoms with Crippen molar-refractivity contribution in [2.45, 2.75) is 37.8 Å². The average molecular weight is 419 g/mol. The minimum Gasteiger partial charge on any atom is -0.496 e. The smallest absolute Gasteiger partial charge is 0.259 e. The molecule has 1 fully saturated rings. The van der Waals surface area contributed by atoms with E-state index in [4.69, 9.17) is 9.84 Å². The van der Waals surface area contributed by atoms with Crippen molar-refractivity contribution >= 4 is 28.1 Å². The molecule has 1 aromatic carbocycles. The highest BCUT2D eigenvalue weighted by atomic mass is 16.5. The Morgan fingerprint density at radius 2 is 2.06 bits per heavy atom. The number of aromatic nitrogens is 5. The van der Waals surface area contributed by atoms with E-state index < -0.39 is 0 Å². The maximum atomic E-state index is 13.1. The molecule has 2 N–H and O–H groups in total. The van der Waals surface area contributed by atoms with Crippen LogP contribution in [-0.4, -0.2) is 50.5 Å². The van der Waals surface area contributed by atoms with Gasteiger partial charge >= 0.3 is 0 Å². The van der Waals surface area contributed by atoms with Gasteiger partial charge in [0, 0.05) is 36.1 Å². The number of nitrogens with zero attached hydrogens (tertiary/aromatic N) is 5. The number of fused-ring (bicyclic) bond motifs is 2. The second-order valence-corrected chi connectivity index (χ2v) is 7.91. The third-order valence-corrected chi connectivity index (χ3v) is 6.09. The van der Waals surface area contributed by atoms with Crippen molar-refractivity contribution in [3.8, 4) is 5.75 Å². The Morgan fingerprint density at radius 3 is 2.84 bits per heavy atom. The van der Waals surface area contributed by atoms with Crippen LogP contribution in [0.25, 0.3) is 16.6 Å². The second-order valence-electron chi connectivity index (χ2n) is 7.91. The van der Waals surface area contributed by atoms with Gasteiger partial charge in [-0.1, -0.05) is 0 Å². The summed E-state index contributed by atoms with van der Waals surface area (Å²) in [4.78, 5) is 17.4. The molecule has 160 valence electrons. The maximum absolute atomic E-state index is 13.1. The number of carbonyl (C=O) groups is 1. The molecule has 0 saturated heterocycles. The molecule has 9 heteroatoms. The van der Waals surface area contributed by atoms with Crippen molar-refractivity contribution in [3.63, 3.8) is 0 Å². The van der Waals surface area contributed by atoms with Gasteiger partial charge in [-0.25, -0.2) is 9.50 Å². The summed E-state index contributed by atoms with van der Waals surface area (Å²) in [5, 5.41) is 16.2. The number of rotatable bonds is 5. The lowest BCUT2D eigenvalue weighted by molar-refractivity contribution is 0.102. The van der Waals surface area contributed by atoms with Crippen LogP contribution in [-0.2, 0) is 0 Å². The zero-order chi connectivity index (χ0) is 21.4. The van der Waals surface area contributed by atoms with Gasteiger partial charge in [-0.3, -0.25) is 9.48 Å². The van der Waals surface area contributed by atoms with Crippen LogP contribution in [0.5, 0.6) is 5.75 Å². The van der Waals surface area contributed by atoms with E-state index in [-0.39, 0.29) is 5.91 Å². The van der Waals surface area contributed by atoms with Gasteiger partial charge in [0.1, 0.15) is 11.4 Å². The summed E-state index contributed by atoms with van der Waals surface area (Å²) >= 11 is 0. The fourth-order valence-electron chi connectivity index (χ4n) is 4.34. The zero-order valence-electron chi connectivity index (χ0n) is 17.6. The quantitative estimate of drug-likeness (QED) is 0.516. The first-order valence-electron chi connectivity index (χ1n) is 10.5. The Bertz CT molecular complexity index is 1240. The molecular formula is C22H25N7O2. The van der Waals surface area contributed by atoms with Gasteiger partial charge in [-0.05, 0) is 44.9 Å². The van der Waals surface area contributed by atoms with Crippen LogP contribution in [0, 0.1) is 0 Å². The maximum Gasteiger partial charge on any atom is 0.259 e. The molecule has 31 heavy (non-hydrogen) atoms. The van der Waals surface area contributed by atoms with Crippen LogP contribution in [0.1, 0.15) is 42.1 Å². The molecule has 4 aromatic rings. The molecule has 0 aliphatic heterocycles. The first kappa shape index (κ1) is 19.5. The predicted molar refractivity (Wildman–Crippen MR) is 118 cm³/mol. The van der Waals surface area contributed by atoms with E-state index >= 15 is 0 Å². The van der Waals surface area contributed by atoms with Gasteiger partial charge in [0.15, 0.2) is 5.65 Å². The molecule has 1 aliphatic carbocycles. The molecule has 0 radical (unpaired) electrons. The third-order valence-electron chi connectivity index (χ3n) is 6.09. The van der Waals surface area contributed by atoms with E-state index in [2.05, 4.69) is 20.7 Å². The van der Waals surface area contributed by atoms with Crippen molar-refractivity contribution in [3.05, 3.63) is 48.5 Å². The van der Waals surface area contributed by atoms with E-state index in [0.717, 1.165) is 36.6 Å². The third kappa shape index (κ3) is 3.61. The lowest BCUT2D eigenvalue weighted by Gasteiger charge is -2.28. The number of anilines is 1. The average Bonchev–Trinajstić information content (AvgIpc) is 3.42. The molecule has 3 aromatic heterocycles. The topological polar surface area (TPSA) is 98.4 Å². The summed E-state index contributed by atoms with van der Waals surface area (Å²) in [7, 11) is 3.58. The Kier molecular flexibility index (Phi) is 5.03. The molecule has 0 bridgehead atoms. The van der Waals surface area contributed by atoms with E-state index in [1.807, 2.05) is 30.1 Å². The molecule has 9 nitrogen and oxygen atoms in total. The van der Waals surface area contributed by atoms with Gasteiger partial charge in [-0.15, -0.1) is 0 Å². The van der Waals surface area contributed by atoms with Crippen molar-refractivity contribution in [1.82, 2.24) is 29.7 Å². The molecule has 0 atom stereocenters. The summed E-state index contributed by atoms with van der Waals surface area (Å²) in [6, 6.07) is 6.42. The summed E-state index contributed by atoms with van der Waals surface area (Å²) in [6.45, 7) is 0. The fourth-order valence-corrected chi connectivity index (χ4v) is 4.34. The van der Waals surface area contributed by atoms with E-state index in [1.165, 1.54) is 0 Å². The van der Waals surface area contributed by atoms with E-state index in [9.17, 15) is 4.79 Å². The van der Waals surface area contributed by atoms with Crippen molar-refractivity contribution in [2.24, 2.45) is 0 Å². The largest absolute Gasteiger partial charge is 0.496 e. The number of carbonyl (C=O) groups excluding carboxylic acids is 1. The molecular weight excluding hydrogens is 394 g/mol. The standard InChI is InChI=1S/C22H25N7O2/c1-23-15-4-6-16(7-5-15)29-13-14-10-17(20(31-2)11-18(14)27-29)22(30)26-19-12-25-28-9-3-8-24-21(19)28/h3,8-13,15-16,23H,4-7H2,1-2H3,(H,26,30). The number of amides is 1. The first-order chi connectivity index (χ1) is 15.2. The monoisotopic (exact) mass is 419 g/mol. The first-order valence-corrected chi connectivity index (χ1v) is 10.5. The van der Waals surface area contributed by atoms with Gasteiger partial charge in [0.25, 0.3) is 5.91 Å². The van der Waals surface area contributed by atoms with Crippen molar-refractivity contribution in [1.29, 1.82) is 0 Å². The Balaban J connectivity index is 1.43. The van der Waals surface area contributed by atoms with Crippen LogP contribution >= 0.6 is 0 Å². The summed E-state index contributed by atoms with van der Waals surface area (Å²) in [5.41, 5.74) is 2.40. The predicted octanol–water partition coefficient (Wildman–Crippen LogP) is 3.04. The highest BCUT2D eigenvalue weighted by Crippen LogP contribution is 2.31. The number of methoxy groups -OCH3 is 1. The van der Waals surface area contributed by atoms with Gasteiger partial charge in [0.05, 0.1) is 30.4 Å². The molecule has 5 rings (SSSR count). The number of benzene rings is 1. The highest BCUT2D eigenvalue weighted by Gasteiger charge is 2.23. The fraction of sp³-hybridized carbons (Fsp3) is 0.364. The van der Waals surface area contributed by atoms with Gasteiger partial charge < -0.3 is 15.4 Å². The zero-order valence-corrected chi connectivity index (χ0v) is 17.6. The molecule has 1 aliphatic rings. The normalized spacial score (nSPS) is 19.0. The molecule has 0 unspecified atom stereocenters.